The summed E-state index contributed by atoms with van der Waals surface area (Å²) in [5.74, 6) is -0.429. The van der Waals surface area contributed by atoms with Crippen molar-refractivity contribution in [1.82, 2.24) is 9.97 Å². The van der Waals surface area contributed by atoms with E-state index >= 15 is 0 Å². The van der Waals surface area contributed by atoms with Crippen molar-refractivity contribution in [3.8, 4) is 11.5 Å². The summed E-state index contributed by atoms with van der Waals surface area (Å²) in [5.41, 5.74) is -0.0424. The molecule has 0 aliphatic carbocycles. The van der Waals surface area contributed by atoms with Gasteiger partial charge in [-0.25, -0.2) is 0 Å². The molecule has 0 saturated heterocycles. The maximum absolute atomic E-state index is 11.7. The summed E-state index contributed by atoms with van der Waals surface area (Å²) in [6, 6.07) is 3.13. The molecule has 0 fully saturated rings. The fourth-order valence-corrected chi connectivity index (χ4v) is 2.90. The molecule has 0 unspecified atom stereocenters. The average Bonchev–Trinajstić information content (AvgIpc) is 2.42. The van der Waals surface area contributed by atoms with Gasteiger partial charge < -0.3 is 20.2 Å². The molecule has 4 N–H and O–H groups in total. The number of hydrogen-bond donors (Lipinski definition) is 4. The maximum Gasteiger partial charge on any atom is 0.265 e. The maximum atomic E-state index is 11.7. The Bertz CT molecular complexity index is 910. The van der Waals surface area contributed by atoms with Crippen LogP contribution in [-0.2, 0) is 0 Å². The monoisotopic (exact) mass is 496 g/mol. The molecule has 0 spiro atoms. The summed E-state index contributed by atoms with van der Waals surface area (Å²) in [5, 5.41) is 21.0. The van der Waals surface area contributed by atoms with Crippen LogP contribution in [0.2, 0.25) is 0 Å². The number of hydrogen-bond acceptors (Lipinski definition) is 4. The average molecular weight is 496 g/mol. The number of aromatic nitrogens is 2. The van der Waals surface area contributed by atoms with E-state index in [9.17, 15) is 19.8 Å². The van der Waals surface area contributed by atoms with Crippen LogP contribution in [0.3, 0.4) is 0 Å². The lowest BCUT2D eigenvalue weighted by atomic mass is 10.1. The third-order valence-corrected chi connectivity index (χ3v) is 4.99. The van der Waals surface area contributed by atoms with Gasteiger partial charge in [0.2, 0.25) is 0 Å². The van der Waals surface area contributed by atoms with E-state index < -0.39 is 11.1 Å². The van der Waals surface area contributed by atoms with E-state index in [2.05, 4.69) is 9.97 Å². The zero-order chi connectivity index (χ0) is 14.6. The molecule has 3 rings (SSSR count). The molecular weight excluding hydrogens is 490 g/mol. The van der Waals surface area contributed by atoms with Crippen molar-refractivity contribution >= 4 is 67.0 Å². The molecule has 6 nitrogen and oxygen atoms in total. The first-order valence-electron chi connectivity index (χ1n) is 5.39. The van der Waals surface area contributed by atoms with Gasteiger partial charge in [-0.05, 0) is 57.3 Å². The molecule has 0 amide bonds. The zero-order valence-electron chi connectivity index (χ0n) is 9.62. The van der Waals surface area contributed by atoms with Crippen molar-refractivity contribution < 1.29 is 10.2 Å². The van der Waals surface area contributed by atoms with Crippen molar-refractivity contribution in [2.45, 2.75) is 0 Å². The number of aromatic hydroxyl groups is 2. The van der Waals surface area contributed by atoms with E-state index in [0.717, 1.165) is 0 Å². The second-order valence-electron chi connectivity index (χ2n) is 4.14. The van der Waals surface area contributed by atoms with E-state index in [1.54, 1.807) is 57.3 Å². The molecule has 8 heteroatoms. The number of benzene rings is 1. The fourth-order valence-electron chi connectivity index (χ4n) is 2.09. The van der Waals surface area contributed by atoms with Crippen molar-refractivity contribution in [2.24, 2.45) is 0 Å². The van der Waals surface area contributed by atoms with Crippen LogP contribution in [0.15, 0.2) is 21.7 Å². The minimum Gasteiger partial charge on any atom is -0.506 e. The number of rotatable bonds is 0. The Morgan fingerprint density at radius 3 is 1.50 bits per heavy atom. The molecule has 20 heavy (non-hydrogen) atoms. The van der Waals surface area contributed by atoms with Crippen molar-refractivity contribution in [2.75, 3.05) is 0 Å². The second kappa shape index (κ2) is 4.62. The molecule has 0 atom stereocenters. The molecule has 0 aliphatic rings. The summed E-state index contributed by atoms with van der Waals surface area (Å²) in [7, 11) is 0. The third-order valence-electron chi connectivity index (χ3n) is 2.99. The number of fused-ring (bicyclic) bond motifs is 3. The Labute approximate surface area is 138 Å². The van der Waals surface area contributed by atoms with Gasteiger partial charge in [-0.1, -0.05) is 0 Å². The third kappa shape index (κ3) is 1.81. The van der Waals surface area contributed by atoms with Gasteiger partial charge in [-0.2, -0.15) is 0 Å². The van der Waals surface area contributed by atoms with Crippen LogP contribution in [0.5, 0.6) is 11.5 Å². The van der Waals surface area contributed by atoms with E-state index in [-0.39, 0.29) is 18.6 Å². The van der Waals surface area contributed by atoms with Gasteiger partial charge in [0.25, 0.3) is 11.1 Å². The lowest BCUT2D eigenvalue weighted by molar-refractivity contribution is 0.471. The Balaban J connectivity index is 2.73. The number of H-pyrrole nitrogens is 2. The van der Waals surface area contributed by atoms with E-state index in [4.69, 9.17) is 0 Å². The number of nitrogens with one attached hydrogen (secondary N) is 2. The fraction of sp³-hybridized carbons (Fsp3) is 0. The summed E-state index contributed by atoms with van der Waals surface area (Å²) in [4.78, 5) is 28.5. The van der Waals surface area contributed by atoms with Crippen LogP contribution >= 0.6 is 45.2 Å². The lowest BCUT2D eigenvalue weighted by Gasteiger charge is -2.09. The molecule has 2 aromatic heterocycles. The Hall–Kier alpha value is -1.30. The van der Waals surface area contributed by atoms with Gasteiger partial charge in [-0.15, -0.1) is 0 Å². The lowest BCUT2D eigenvalue weighted by Crippen LogP contribution is -2.12. The zero-order valence-corrected chi connectivity index (χ0v) is 13.9. The standard InChI is InChI=1S/C12H6I2N2O4/c13-7-9(17)5-3(15-11(7)19)1-2-4-6(5)10(18)8(14)12(20)16-4/h1-2H,(H2,15,17,19)(H2,16,18,20). The number of halogens is 2. The summed E-state index contributed by atoms with van der Waals surface area (Å²) < 4.78 is 0.256. The van der Waals surface area contributed by atoms with Crippen LogP contribution < -0.4 is 11.1 Å². The van der Waals surface area contributed by atoms with Crippen LogP contribution in [-0.4, -0.2) is 20.2 Å². The minimum atomic E-state index is -0.409. The quantitative estimate of drug-likeness (QED) is 0.283. The molecule has 0 saturated carbocycles. The van der Waals surface area contributed by atoms with Crippen LogP contribution in [0, 0.1) is 7.14 Å². The second-order valence-corrected chi connectivity index (χ2v) is 6.30. The molecule has 3 aromatic rings. The van der Waals surface area contributed by atoms with Gasteiger partial charge in [0.15, 0.2) is 0 Å². The van der Waals surface area contributed by atoms with Crippen molar-refractivity contribution in [1.29, 1.82) is 0 Å². The van der Waals surface area contributed by atoms with Crippen LogP contribution in [0.1, 0.15) is 0 Å². The highest BCUT2D eigenvalue weighted by Gasteiger charge is 2.17. The van der Waals surface area contributed by atoms with Crippen LogP contribution in [0.25, 0.3) is 21.8 Å². The van der Waals surface area contributed by atoms with E-state index in [0.29, 0.717) is 21.8 Å². The highest BCUT2D eigenvalue weighted by molar-refractivity contribution is 14.1. The predicted octanol–water partition coefficient (Wildman–Crippen LogP) is 1.99. The van der Waals surface area contributed by atoms with E-state index in [1.807, 2.05) is 0 Å². The Morgan fingerprint density at radius 1 is 0.800 bits per heavy atom. The largest absolute Gasteiger partial charge is 0.506 e. The van der Waals surface area contributed by atoms with Gasteiger partial charge in [0.1, 0.15) is 18.6 Å². The first-order valence-corrected chi connectivity index (χ1v) is 7.55. The predicted molar refractivity (Wildman–Crippen MR) is 91.5 cm³/mol. The van der Waals surface area contributed by atoms with Gasteiger partial charge in [0.05, 0.1) is 21.8 Å². The first kappa shape index (κ1) is 13.7. The number of aromatic amines is 2. The summed E-state index contributed by atoms with van der Waals surface area (Å²) in [6.07, 6.45) is 0. The molecular formula is C12H6I2N2O4. The van der Waals surface area contributed by atoms with Crippen molar-refractivity contribution in [3.63, 3.8) is 0 Å². The topological polar surface area (TPSA) is 106 Å². The first-order chi connectivity index (χ1) is 9.41. The number of pyridine rings is 2. The molecule has 1 aromatic carbocycles. The van der Waals surface area contributed by atoms with Crippen LogP contribution in [0.4, 0.5) is 0 Å². The van der Waals surface area contributed by atoms with E-state index in [1.165, 1.54) is 0 Å². The summed E-state index contributed by atoms with van der Waals surface area (Å²) >= 11 is 3.46. The van der Waals surface area contributed by atoms with Crippen molar-refractivity contribution in [3.05, 3.63) is 40.0 Å². The Morgan fingerprint density at radius 2 is 1.15 bits per heavy atom. The molecule has 0 radical (unpaired) electrons. The molecule has 0 bridgehead atoms. The normalized spacial score (nSPS) is 11.3. The molecule has 102 valence electrons. The molecule has 2 heterocycles. The highest BCUT2D eigenvalue weighted by atomic mass is 127. The molecule has 0 aliphatic heterocycles. The van der Waals surface area contributed by atoms with Gasteiger partial charge in [0, 0.05) is 0 Å². The summed E-state index contributed by atoms with van der Waals surface area (Å²) in [6.45, 7) is 0. The van der Waals surface area contributed by atoms with Gasteiger partial charge >= 0.3 is 0 Å². The highest BCUT2D eigenvalue weighted by Crippen LogP contribution is 2.37. The SMILES string of the molecule is O=c1[nH]c2ccc3[nH]c(=O)c(I)c(O)c3c2c(O)c1I. The Kier molecular flexibility index (Phi) is 3.16. The minimum absolute atomic E-state index is 0.128. The van der Waals surface area contributed by atoms with Gasteiger partial charge in [-0.3, -0.25) is 9.59 Å². The smallest absolute Gasteiger partial charge is 0.265 e.